The molecule has 1 aromatic rings. The number of hydrogen-bond donors (Lipinski definition) is 2. The SMILES string of the molecule is CCCC(CC)NS(=O)(=O)c1ccc(F)c(CNCC)c1. The van der Waals surface area contributed by atoms with Crippen LogP contribution in [0.25, 0.3) is 0 Å². The zero-order valence-corrected chi connectivity index (χ0v) is 13.8. The van der Waals surface area contributed by atoms with Crippen LogP contribution in [0.3, 0.4) is 0 Å². The second kappa shape index (κ2) is 8.46. The fourth-order valence-electron chi connectivity index (χ4n) is 2.10. The van der Waals surface area contributed by atoms with Crippen LogP contribution in [0.4, 0.5) is 4.39 Å². The summed E-state index contributed by atoms with van der Waals surface area (Å²) >= 11 is 0. The van der Waals surface area contributed by atoms with E-state index in [1.54, 1.807) is 0 Å². The largest absolute Gasteiger partial charge is 0.313 e. The second-order valence-electron chi connectivity index (χ2n) is 5.05. The molecule has 6 heteroatoms. The highest BCUT2D eigenvalue weighted by Crippen LogP contribution is 2.16. The van der Waals surface area contributed by atoms with Crippen molar-refractivity contribution in [3.05, 3.63) is 29.6 Å². The molecule has 2 N–H and O–H groups in total. The first-order valence-electron chi connectivity index (χ1n) is 7.46. The van der Waals surface area contributed by atoms with Gasteiger partial charge in [0.1, 0.15) is 5.82 Å². The van der Waals surface area contributed by atoms with Gasteiger partial charge >= 0.3 is 0 Å². The number of nitrogens with one attached hydrogen (secondary N) is 2. The fourth-order valence-corrected chi connectivity index (χ4v) is 3.50. The lowest BCUT2D eigenvalue weighted by Crippen LogP contribution is -2.34. The first-order valence-corrected chi connectivity index (χ1v) is 8.94. The summed E-state index contributed by atoms with van der Waals surface area (Å²) in [5.41, 5.74) is 0.364. The van der Waals surface area contributed by atoms with Crippen LogP contribution in [-0.4, -0.2) is 21.0 Å². The molecule has 1 unspecified atom stereocenters. The third-order valence-corrected chi connectivity index (χ3v) is 4.86. The van der Waals surface area contributed by atoms with Gasteiger partial charge in [-0.15, -0.1) is 0 Å². The van der Waals surface area contributed by atoms with Crippen LogP contribution in [0.5, 0.6) is 0 Å². The summed E-state index contributed by atoms with van der Waals surface area (Å²) in [6, 6.07) is 3.84. The standard InChI is InChI=1S/C15H25FN2O2S/c1-4-7-13(5-2)18-21(19,20)14-8-9-15(16)12(10-14)11-17-6-3/h8-10,13,17-18H,4-7,11H2,1-3H3. The van der Waals surface area contributed by atoms with Gasteiger partial charge in [-0.25, -0.2) is 17.5 Å². The first kappa shape index (κ1) is 18.1. The van der Waals surface area contributed by atoms with Gasteiger partial charge in [-0.2, -0.15) is 0 Å². The summed E-state index contributed by atoms with van der Waals surface area (Å²) in [6.45, 7) is 6.89. The summed E-state index contributed by atoms with van der Waals surface area (Å²) in [6.07, 6.45) is 2.44. The Labute approximate surface area is 127 Å². The summed E-state index contributed by atoms with van der Waals surface area (Å²) in [7, 11) is -3.60. The van der Waals surface area contributed by atoms with Crippen molar-refractivity contribution in [1.29, 1.82) is 0 Å². The van der Waals surface area contributed by atoms with E-state index in [2.05, 4.69) is 10.0 Å². The van der Waals surface area contributed by atoms with E-state index in [4.69, 9.17) is 0 Å². The molecule has 0 saturated heterocycles. The molecule has 0 spiro atoms. The highest BCUT2D eigenvalue weighted by molar-refractivity contribution is 7.89. The molecule has 0 aromatic heterocycles. The zero-order chi connectivity index (χ0) is 15.9. The van der Waals surface area contributed by atoms with Crippen molar-refractivity contribution < 1.29 is 12.8 Å². The summed E-state index contributed by atoms with van der Waals surface area (Å²) in [4.78, 5) is 0.117. The predicted octanol–water partition coefficient (Wildman–Crippen LogP) is 2.79. The molecule has 0 amide bonds. The van der Waals surface area contributed by atoms with Crippen molar-refractivity contribution in [3.8, 4) is 0 Å². The predicted molar refractivity (Wildman–Crippen MR) is 83.1 cm³/mol. The van der Waals surface area contributed by atoms with E-state index in [0.717, 1.165) is 19.3 Å². The molecule has 4 nitrogen and oxygen atoms in total. The molecule has 0 aliphatic rings. The molecule has 0 fully saturated rings. The number of sulfonamides is 1. The van der Waals surface area contributed by atoms with E-state index < -0.39 is 15.8 Å². The van der Waals surface area contributed by atoms with Crippen molar-refractivity contribution in [2.24, 2.45) is 0 Å². The summed E-state index contributed by atoms with van der Waals surface area (Å²) < 4.78 is 41.1. The second-order valence-corrected chi connectivity index (χ2v) is 6.76. The molecular formula is C15H25FN2O2S. The maximum Gasteiger partial charge on any atom is 0.240 e. The number of benzene rings is 1. The first-order chi connectivity index (χ1) is 9.94. The maximum absolute atomic E-state index is 13.7. The molecule has 0 heterocycles. The molecule has 0 aliphatic carbocycles. The van der Waals surface area contributed by atoms with Crippen molar-refractivity contribution in [1.82, 2.24) is 10.0 Å². The van der Waals surface area contributed by atoms with Gasteiger partial charge in [0, 0.05) is 18.2 Å². The molecule has 1 aromatic carbocycles. The minimum absolute atomic E-state index is 0.0812. The molecule has 0 saturated carbocycles. The lowest BCUT2D eigenvalue weighted by atomic mass is 10.1. The molecule has 1 atom stereocenters. The Morgan fingerprint density at radius 2 is 1.95 bits per heavy atom. The van der Waals surface area contributed by atoms with E-state index >= 15 is 0 Å². The number of rotatable bonds is 9. The van der Waals surface area contributed by atoms with Crippen LogP contribution in [0.2, 0.25) is 0 Å². The molecule has 0 radical (unpaired) electrons. The lowest BCUT2D eigenvalue weighted by Gasteiger charge is -2.17. The van der Waals surface area contributed by atoms with Gasteiger partial charge in [0.15, 0.2) is 0 Å². The van der Waals surface area contributed by atoms with Gasteiger partial charge in [-0.1, -0.05) is 27.2 Å². The maximum atomic E-state index is 13.7. The van der Waals surface area contributed by atoms with Crippen molar-refractivity contribution in [3.63, 3.8) is 0 Å². The van der Waals surface area contributed by atoms with Crippen LogP contribution in [0.15, 0.2) is 23.1 Å². The van der Waals surface area contributed by atoms with E-state index in [-0.39, 0.29) is 10.9 Å². The zero-order valence-electron chi connectivity index (χ0n) is 12.9. The van der Waals surface area contributed by atoms with Gasteiger partial charge in [0.05, 0.1) is 4.90 Å². The third-order valence-electron chi connectivity index (χ3n) is 3.34. The Balaban J connectivity index is 2.97. The molecule has 1 rings (SSSR count). The molecule has 21 heavy (non-hydrogen) atoms. The monoisotopic (exact) mass is 316 g/mol. The number of halogens is 1. The normalized spacial score (nSPS) is 13.3. The van der Waals surface area contributed by atoms with E-state index in [1.165, 1.54) is 18.2 Å². The summed E-state index contributed by atoms with van der Waals surface area (Å²) in [5.74, 6) is -0.393. The average molecular weight is 316 g/mol. The Hall–Kier alpha value is -0.980. The quantitative estimate of drug-likeness (QED) is 0.736. The highest BCUT2D eigenvalue weighted by atomic mass is 32.2. The molecular weight excluding hydrogens is 291 g/mol. The summed E-state index contributed by atoms with van der Waals surface area (Å²) in [5, 5.41) is 3.00. The molecule has 120 valence electrons. The Bertz CT molecular complexity index is 547. The van der Waals surface area contributed by atoms with Crippen LogP contribution < -0.4 is 10.0 Å². The van der Waals surface area contributed by atoms with E-state index in [1.807, 2.05) is 20.8 Å². The Kier molecular flexibility index (Phi) is 7.28. The van der Waals surface area contributed by atoms with Gasteiger partial charge in [-0.3, -0.25) is 0 Å². The van der Waals surface area contributed by atoms with Gasteiger partial charge < -0.3 is 5.32 Å². The Morgan fingerprint density at radius 3 is 2.52 bits per heavy atom. The minimum Gasteiger partial charge on any atom is -0.313 e. The minimum atomic E-state index is -3.60. The highest BCUT2D eigenvalue weighted by Gasteiger charge is 2.19. The van der Waals surface area contributed by atoms with E-state index in [9.17, 15) is 12.8 Å². The fraction of sp³-hybridized carbons (Fsp3) is 0.600. The van der Waals surface area contributed by atoms with Crippen molar-refractivity contribution in [2.45, 2.75) is 57.5 Å². The lowest BCUT2D eigenvalue weighted by molar-refractivity contribution is 0.512. The van der Waals surface area contributed by atoms with Crippen LogP contribution in [0, 0.1) is 5.82 Å². The Morgan fingerprint density at radius 1 is 1.24 bits per heavy atom. The van der Waals surface area contributed by atoms with E-state index in [0.29, 0.717) is 18.7 Å². The van der Waals surface area contributed by atoms with Crippen LogP contribution in [-0.2, 0) is 16.6 Å². The number of hydrogen-bond acceptors (Lipinski definition) is 3. The smallest absolute Gasteiger partial charge is 0.240 e. The average Bonchev–Trinajstić information content (AvgIpc) is 2.45. The van der Waals surface area contributed by atoms with Gasteiger partial charge in [0.2, 0.25) is 10.0 Å². The van der Waals surface area contributed by atoms with Crippen molar-refractivity contribution >= 4 is 10.0 Å². The topological polar surface area (TPSA) is 58.2 Å². The van der Waals surface area contributed by atoms with Gasteiger partial charge in [-0.05, 0) is 37.6 Å². The molecule has 0 bridgehead atoms. The van der Waals surface area contributed by atoms with Crippen LogP contribution >= 0.6 is 0 Å². The van der Waals surface area contributed by atoms with Crippen molar-refractivity contribution in [2.75, 3.05) is 6.54 Å². The molecule has 0 aliphatic heterocycles. The van der Waals surface area contributed by atoms with Crippen LogP contribution in [0.1, 0.15) is 45.6 Å². The van der Waals surface area contributed by atoms with Gasteiger partial charge in [0.25, 0.3) is 0 Å². The third kappa shape index (κ3) is 5.37.